The fourth-order valence-corrected chi connectivity index (χ4v) is 1.97. The lowest BCUT2D eigenvalue weighted by atomic mass is 10.3. The lowest BCUT2D eigenvalue weighted by Gasteiger charge is -2.34. The molecule has 0 radical (unpaired) electrons. The van der Waals surface area contributed by atoms with Crippen molar-refractivity contribution in [3.63, 3.8) is 0 Å². The van der Waals surface area contributed by atoms with Crippen molar-refractivity contribution in [3.8, 4) is 0 Å². The van der Waals surface area contributed by atoms with E-state index in [1.165, 1.54) is 0 Å². The number of nitrogens with one attached hydrogen (secondary N) is 1. The number of hydrogen-bond donors (Lipinski definition) is 1. The predicted octanol–water partition coefficient (Wildman–Crippen LogP) is 0.319. The van der Waals surface area contributed by atoms with E-state index >= 15 is 0 Å². The van der Waals surface area contributed by atoms with Gasteiger partial charge in [0.15, 0.2) is 0 Å². The molecule has 1 aliphatic rings. The summed E-state index contributed by atoms with van der Waals surface area (Å²) in [7, 11) is 0. The van der Waals surface area contributed by atoms with Crippen molar-refractivity contribution in [2.75, 3.05) is 59.0 Å². The highest BCUT2D eigenvalue weighted by molar-refractivity contribution is 5.78. The largest absolute Gasteiger partial charge is 0.405 e. The lowest BCUT2D eigenvalue weighted by molar-refractivity contribution is -0.139. The normalized spacial score (nSPS) is 18.2. The molecule has 5 nitrogen and oxygen atoms in total. The number of ether oxygens (including phenoxy) is 1. The van der Waals surface area contributed by atoms with Gasteiger partial charge in [-0.15, -0.1) is 0 Å². The first-order valence-corrected chi connectivity index (χ1v) is 6.76. The van der Waals surface area contributed by atoms with Crippen LogP contribution in [-0.4, -0.2) is 80.9 Å². The standard InChI is InChI=1S/C12H22F3N3O2/c1-2-20-8-7-17-3-5-18(6-4-17)9-11(19)16-10-12(13,14)15/h2-10H2,1H3,(H,16,19). The Hall–Kier alpha value is -0.860. The molecule has 0 aliphatic carbocycles. The Morgan fingerprint density at radius 1 is 1.20 bits per heavy atom. The lowest BCUT2D eigenvalue weighted by Crippen LogP contribution is -2.50. The van der Waals surface area contributed by atoms with E-state index in [2.05, 4.69) is 4.90 Å². The average molecular weight is 297 g/mol. The van der Waals surface area contributed by atoms with Crippen LogP contribution in [0.5, 0.6) is 0 Å². The maximum Gasteiger partial charge on any atom is 0.405 e. The van der Waals surface area contributed by atoms with Crippen molar-refractivity contribution in [1.82, 2.24) is 15.1 Å². The average Bonchev–Trinajstić information content (AvgIpc) is 2.38. The van der Waals surface area contributed by atoms with E-state index in [-0.39, 0.29) is 6.54 Å². The highest BCUT2D eigenvalue weighted by atomic mass is 19.4. The van der Waals surface area contributed by atoms with Crippen LogP contribution in [0.15, 0.2) is 0 Å². The van der Waals surface area contributed by atoms with Gasteiger partial charge in [-0.3, -0.25) is 14.6 Å². The highest BCUT2D eigenvalue weighted by Crippen LogP contribution is 2.12. The van der Waals surface area contributed by atoms with Crippen LogP contribution in [0.1, 0.15) is 6.92 Å². The van der Waals surface area contributed by atoms with Gasteiger partial charge < -0.3 is 10.1 Å². The second-order valence-electron chi connectivity index (χ2n) is 4.71. The molecule has 8 heteroatoms. The fraction of sp³-hybridized carbons (Fsp3) is 0.917. The summed E-state index contributed by atoms with van der Waals surface area (Å²) in [5.41, 5.74) is 0. The summed E-state index contributed by atoms with van der Waals surface area (Å²) in [6, 6.07) is 0. The molecule has 0 aromatic rings. The van der Waals surface area contributed by atoms with Crippen molar-refractivity contribution in [2.24, 2.45) is 0 Å². The van der Waals surface area contributed by atoms with Gasteiger partial charge in [0, 0.05) is 39.3 Å². The maximum absolute atomic E-state index is 11.9. The SMILES string of the molecule is CCOCCN1CCN(CC(=O)NCC(F)(F)F)CC1. The van der Waals surface area contributed by atoms with E-state index in [0.29, 0.717) is 26.3 Å². The van der Waals surface area contributed by atoms with Crippen molar-refractivity contribution >= 4 is 5.91 Å². The van der Waals surface area contributed by atoms with E-state index in [9.17, 15) is 18.0 Å². The smallest absolute Gasteiger partial charge is 0.380 e. The monoisotopic (exact) mass is 297 g/mol. The van der Waals surface area contributed by atoms with Crippen LogP contribution in [0, 0.1) is 0 Å². The van der Waals surface area contributed by atoms with Crippen LogP contribution in [0.3, 0.4) is 0 Å². The van der Waals surface area contributed by atoms with Crippen LogP contribution < -0.4 is 5.32 Å². The van der Waals surface area contributed by atoms with E-state index in [0.717, 1.165) is 19.6 Å². The summed E-state index contributed by atoms with van der Waals surface area (Å²) < 4.78 is 41.1. The molecule has 1 fully saturated rings. The zero-order chi connectivity index (χ0) is 15.0. The topological polar surface area (TPSA) is 44.8 Å². The van der Waals surface area contributed by atoms with Gasteiger partial charge in [-0.1, -0.05) is 0 Å². The minimum atomic E-state index is -4.35. The molecular formula is C12H22F3N3O2. The second kappa shape index (κ2) is 8.43. The van der Waals surface area contributed by atoms with Crippen LogP contribution in [0.25, 0.3) is 0 Å². The summed E-state index contributed by atoms with van der Waals surface area (Å²) in [5, 5.41) is 1.88. The Morgan fingerprint density at radius 3 is 2.35 bits per heavy atom. The first-order valence-electron chi connectivity index (χ1n) is 6.76. The quantitative estimate of drug-likeness (QED) is 0.687. The number of rotatable bonds is 7. The van der Waals surface area contributed by atoms with Gasteiger partial charge in [0.25, 0.3) is 0 Å². The molecule has 0 atom stereocenters. The number of nitrogens with zero attached hydrogens (tertiary/aromatic N) is 2. The van der Waals surface area contributed by atoms with Crippen molar-refractivity contribution in [2.45, 2.75) is 13.1 Å². The summed E-state index contributed by atoms with van der Waals surface area (Å²) in [4.78, 5) is 15.4. The molecule has 1 N–H and O–H groups in total. The second-order valence-corrected chi connectivity index (χ2v) is 4.71. The van der Waals surface area contributed by atoms with Crippen LogP contribution in [0.4, 0.5) is 13.2 Å². The molecule has 118 valence electrons. The maximum atomic E-state index is 11.9. The molecule has 1 saturated heterocycles. The van der Waals surface area contributed by atoms with Gasteiger partial charge in [-0.25, -0.2) is 0 Å². The van der Waals surface area contributed by atoms with Crippen molar-refractivity contribution < 1.29 is 22.7 Å². The van der Waals surface area contributed by atoms with Crippen LogP contribution >= 0.6 is 0 Å². The minimum Gasteiger partial charge on any atom is -0.380 e. The van der Waals surface area contributed by atoms with Crippen LogP contribution in [0.2, 0.25) is 0 Å². The molecular weight excluding hydrogens is 275 g/mol. The minimum absolute atomic E-state index is 0.0232. The number of halogens is 3. The Labute approximate surface area is 117 Å². The summed E-state index contributed by atoms with van der Waals surface area (Å²) in [6.45, 7) is 5.91. The molecule has 0 aromatic carbocycles. The Balaban J connectivity index is 2.14. The predicted molar refractivity (Wildman–Crippen MR) is 68.4 cm³/mol. The summed E-state index contributed by atoms with van der Waals surface area (Å²) >= 11 is 0. The Bertz CT molecular complexity index is 292. The number of amides is 1. The molecule has 1 aliphatic heterocycles. The number of alkyl halides is 3. The van der Waals surface area contributed by atoms with Crippen LogP contribution in [-0.2, 0) is 9.53 Å². The first kappa shape index (κ1) is 17.2. The van der Waals surface area contributed by atoms with Crippen molar-refractivity contribution in [3.05, 3.63) is 0 Å². The summed E-state index contributed by atoms with van der Waals surface area (Å²) in [5.74, 6) is -0.579. The molecule has 1 rings (SSSR count). The third kappa shape index (κ3) is 7.66. The molecule has 0 saturated carbocycles. The van der Waals surface area contributed by atoms with Gasteiger partial charge in [0.1, 0.15) is 6.54 Å². The van der Waals surface area contributed by atoms with E-state index in [1.807, 2.05) is 17.1 Å². The fourth-order valence-electron chi connectivity index (χ4n) is 1.97. The number of hydrogen-bond acceptors (Lipinski definition) is 4. The van der Waals surface area contributed by atoms with Gasteiger partial charge in [-0.05, 0) is 6.92 Å². The van der Waals surface area contributed by atoms with Crippen molar-refractivity contribution in [1.29, 1.82) is 0 Å². The third-order valence-corrected chi connectivity index (χ3v) is 3.07. The summed E-state index contributed by atoms with van der Waals surface area (Å²) in [6.07, 6.45) is -4.35. The molecule has 1 heterocycles. The number of carbonyl (C=O) groups is 1. The number of piperazine rings is 1. The van der Waals surface area contributed by atoms with E-state index < -0.39 is 18.6 Å². The number of carbonyl (C=O) groups excluding carboxylic acids is 1. The van der Waals surface area contributed by atoms with E-state index in [4.69, 9.17) is 4.74 Å². The molecule has 0 aromatic heterocycles. The first-order chi connectivity index (χ1) is 9.40. The zero-order valence-corrected chi connectivity index (χ0v) is 11.7. The molecule has 20 heavy (non-hydrogen) atoms. The van der Waals surface area contributed by atoms with Gasteiger partial charge in [0.2, 0.25) is 5.91 Å². The highest BCUT2D eigenvalue weighted by Gasteiger charge is 2.28. The van der Waals surface area contributed by atoms with Gasteiger partial charge in [0.05, 0.1) is 13.2 Å². The molecule has 0 spiro atoms. The van der Waals surface area contributed by atoms with Gasteiger partial charge >= 0.3 is 6.18 Å². The van der Waals surface area contributed by atoms with Gasteiger partial charge in [-0.2, -0.15) is 13.2 Å². The third-order valence-electron chi connectivity index (χ3n) is 3.07. The zero-order valence-electron chi connectivity index (χ0n) is 11.7. The Morgan fingerprint density at radius 2 is 1.80 bits per heavy atom. The molecule has 1 amide bonds. The molecule has 0 bridgehead atoms. The Kier molecular flexibility index (Phi) is 7.25. The van der Waals surface area contributed by atoms with E-state index in [1.54, 1.807) is 0 Å². The molecule has 0 unspecified atom stereocenters.